The molecular weight excluding hydrogens is 533 g/mol. The van der Waals surface area contributed by atoms with E-state index in [0.29, 0.717) is 0 Å². The maximum atomic E-state index is 5.33. The topological polar surface area (TPSA) is 78.1 Å². The van der Waals surface area contributed by atoms with Crippen LogP contribution in [0.25, 0.3) is 94.1 Å². The summed E-state index contributed by atoms with van der Waals surface area (Å²) < 4.78 is 17.4. The number of thiophene rings is 4. The van der Waals surface area contributed by atoms with E-state index in [2.05, 4.69) is 48.1 Å². The van der Waals surface area contributed by atoms with Crippen LogP contribution in [0.3, 0.4) is 0 Å². The van der Waals surface area contributed by atoms with Crippen LogP contribution in [0.4, 0.5) is 0 Å². The third-order valence-corrected chi connectivity index (χ3v) is 12.4. The van der Waals surface area contributed by atoms with Gasteiger partial charge < -0.3 is 9.55 Å². The van der Waals surface area contributed by atoms with Crippen molar-refractivity contribution in [2.45, 2.75) is 13.5 Å². The molecule has 168 valence electrons. The first-order chi connectivity index (χ1) is 17.3. The van der Waals surface area contributed by atoms with Crippen LogP contribution in [-0.4, -0.2) is 28.3 Å². The highest BCUT2D eigenvalue weighted by molar-refractivity contribution is 7.32. The van der Waals surface area contributed by atoms with Crippen LogP contribution in [0, 0.1) is 0 Å². The van der Waals surface area contributed by atoms with Gasteiger partial charge in [-0.15, -0.1) is 45.3 Å². The number of aromatic amines is 3. The number of aryl methyl sites for hydroxylation is 1. The van der Waals surface area contributed by atoms with Crippen molar-refractivity contribution < 1.29 is 0 Å². The van der Waals surface area contributed by atoms with Gasteiger partial charge in [0, 0.05) is 29.0 Å². The Balaban J connectivity index is 1.46. The van der Waals surface area contributed by atoms with E-state index in [-0.39, 0.29) is 0 Å². The van der Waals surface area contributed by atoms with Crippen LogP contribution < -0.4 is 0 Å². The van der Waals surface area contributed by atoms with Crippen molar-refractivity contribution in [3.63, 3.8) is 0 Å². The van der Waals surface area contributed by atoms with Crippen LogP contribution in [0.15, 0.2) is 22.9 Å². The number of fused-ring (bicyclic) bond motifs is 18. The summed E-state index contributed by atoms with van der Waals surface area (Å²) in [5, 5.41) is 6.73. The second-order valence-electron chi connectivity index (χ2n) is 8.84. The van der Waals surface area contributed by atoms with Crippen molar-refractivity contribution in [3.8, 4) is 0 Å². The molecule has 0 bridgehead atoms. The summed E-state index contributed by atoms with van der Waals surface area (Å²) in [5.41, 5.74) is 11.4. The van der Waals surface area contributed by atoms with E-state index >= 15 is 0 Å². The first-order valence-electron chi connectivity index (χ1n) is 11.2. The minimum Gasteiger partial charge on any atom is -0.351 e. The molecule has 0 spiro atoms. The zero-order chi connectivity index (χ0) is 22.6. The molecule has 0 aliphatic heterocycles. The molecule has 10 rings (SSSR count). The van der Waals surface area contributed by atoms with Gasteiger partial charge in [0.15, 0.2) is 0 Å². The van der Waals surface area contributed by atoms with Gasteiger partial charge in [-0.3, -0.25) is 8.75 Å². The second-order valence-corrected chi connectivity index (χ2v) is 13.3. The average molecular weight is 545 g/mol. The zero-order valence-corrected chi connectivity index (χ0v) is 22.0. The summed E-state index contributed by atoms with van der Waals surface area (Å²) in [5.74, 6) is 0. The fraction of sp³-hybridized carbons (Fsp3) is 0.0833. The second kappa shape index (κ2) is 5.88. The Kier molecular flexibility index (Phi) is 3.08. The molecule has 9 aromatic heterocycles. The maximum Gasteiger partial charge on any atom is 0.107 e. The molecular formula is C24H12N6S5. The van der Waals surface area contributed by atoms with Gasteiger partial charge in [-0.1, -0.05) is 0 Å². The number of nitrogens with one attached hydrogen (secondary N) is 3. The number of hydrogen-bond acceptors (Lipinski definition) is 7. The van der Waals surface area contributed by atoms with E-state index in [0.717, 1.165) is 45.2 Å². The first kappa shape index (κ1) is 18.3. The van der Waals surface area contributed by atoms with E-state index in [9.17, 15) is 0 Å². The predicted molar refractivity (Wildman–Crippen MR) is 156 cm³/mol. The lowest BCUT2D eigenvalue weighted by Crippen LogP contribution is -1.91. The van der Waals surface area contributed by atoms with Crippen LogP contribution in [0.5, 0.6) is 0 Å². The van der Waals surface area contributed by atoms with Crippen molar-refractivity contribution in [2.24, 2.45) is 0 Å². The molecule has 35 heavy (non-hydrogen) atoms. The molecule has 0 aliphatic carbocycles. The molecule has 0 amide bonds. The monoisotopic (exact) mass is 544 g/mol. The zero-order valence-electron chi connectivity index (χ0n) is 17.9. The van der Waals surface area contributed by atoms with Crippen molar-refractivity contribution >= 4 is 151 Å². The quantitative estimate of drug-likeness (QED) is 0.193. The van der Waals surface area contributed by atoms with Gasteiger partial charge in [0.2, 0.25) is 0 Å². The summed E-state index contributed by atoms with van der Waals surface area (Å²) in [7, 11) is 0. The Morgan fingerprint density at radius 1 is 0.743 bits per heavy atom. The lowest BCUT2D eigenvalue weighted by atomic mass is 10.1. The molecule has 1 aromatic carbocycles. The molecule has 0 fully saturated rings. The van der Waals surface area contributed by atoms with Gasteiger partial charge in [-0.2, -0.15) is 0 Å². The number of H-pyrrole nitrogens is 3. The summed E-state index contributed by atoms with van der Waals surface area (Å²) in [4.78, 5) is 14.2. The number of aromatic nitrogens is 6. The number of nitrogens with zero attached hydrogens (tertiary/aromatic N) is 3. The smallest absolute Gasteiger partial charge is 0.107 e. The molecule has 9 heterocycles. The van der Waals surface area contributed by atoms with Gasteiger partial charge in [0.05, 0.1) is 61.3 Å². The largest absolute Gasteiger partial charge is 0.351 e. The van der Waals surface area contributed by atoms with E-state index in [1.807, 2.05) is 34.0 Å². The number of rotatable bonds is 1. The highest BCUT2D eigenvalue weighted by atomic mass is 32.1. The summed E-state index contributed by atoms with van der Waals surface area (Å²) in [6.45, 7) is 3.15. The van der Waals surface area contributed by atoms with Gasteiger partial charge in [-0.25, -0.2) is 9.97 Å². The molecule has 0 aliphatic rings. The minimum absolute atomic E-state index is 0.932. The summed E-state index contributed by atoms with van der Waals surface area (Å²) in [6, 6.07) is 4.40. The number of hydrogen-bond donors (Lipinski definition) is 3. The van der Waals surface area contributed by atoms with E-state index in [4.69, 9.17) is 9.97 Å². The van der Waals surface area contributed by atoms with E-state index in [1.165, 1.54) is 67.3 Å². The van der Waals surface area contributed by atoms with Gasteiger partial charge in [-0.05, 0) is 29.8 Å². The summed E-state index contributed by atoms with van der Waals surface area (Å²) in [6.07, 6.45) is 0. The molecule has 11 heteroatoms. The van der Waals surface area contributed by atoms with Crippen LogP contribution in [0.1, 0.15) is 6.92 Å². The van der Waals surface area contributed by atoms with Crippen LogP contribution in [0.2, 0.25) is 0 Å². The van der Waals surface area contributed by atoms with Gasteiger partial charge >= 0.3 is 0 Å². The van der Waals surface area contributed by atoms with Gasteiger partial charge in [0.1, 0.15) is 22.1 Å². The molecule has 0 atom stereocenters. The van der Waals surface area contributed by atoms with Gasteiger partial charge in [0.25, 0.3) is 0 Å². The predicted octanol–water partition coefficient (Wildman–Crippen LogP) is 8.97. The molecule has 10 aromatic rings. The fourth-order valence-electron chi connectivity index (χ4n) is 5.86. The fourth-order valence-corrected chi connectivity index (χ4v) is 11.1. The molecule has 0 radical (unpaired) electrons. The van der Waals surface area contributed by atoms with Crippen molar-refractivity contribution in [2.75, 3.05) is 0 Å². The summed E-state index contributed by atoms with van der Waals surface area (Å²) >= 11 is 8.88. The van der Waals surface area contributed by atoms with E-state index < -0.39 is 0 Å². The molecule has 6 nitrogen and oxygen atoms in total. The van der Waals surface area contributed by atoms with E-state index in [1.54, 1.807) is 11.3 Å². The lowest BCUT2D eigenvalue weighted by molar-refractivity contribution is 0.830. The molecule has 3 N–H and O–H groups in total. The Morgan fingerprint density at radius 3 is 2.29 bits per heavy atom. The Hall–Kier alpha value is -2.96. The third kappa shape index (κ3) is 1.91. The highest BCUT2D eigenvalue weighted by Gasteiger charge is 2.27. The SMILES string of the molecule is CCn1c2ccsc2c2sc3c(nc4c5nc6c7[nH]c8ccsc8c7sc6c5c5[nH]s[nH]c5c43)c21. The third-order valence-electron chi connectivity index (χ3n) is 7.26. The minimum atomic E-state index is 0.932. The normalized spacial score (nSPS) is 13.4. The Labute approximate surface area is 214 Å². The number of benzene rings is 1. The standard InChI is InChI=1S/C24H12N6S5/c1-2-30-8-4-6-32-20(8)24-18(30)17-22(34-24)10-12(27-17)11-9(13-14(10)29-35-28-13)21-15(26-11)16-23(33-21)19-7(25-16)3-5-31-19/h3-6,25,28-29H,2H2,1H3. The molecule has 0 unspecified atom stereocenters. The molecule has 0 saturated heterocycles. The maximum absolute atomic E-state index is 5.33. The lowest BCUT2D eigenvalue weighted by Gasteiger charge is -1.99. The average Bonchev–Trinajstić information content (AvgIpc) is 3.66. The highest BCUT2D eigenvalue weighted by Crippen LogP contribution is 2.50. The molecule has 0 saturated carbocycles. The van der Waals surface area contributed by atoms with Crippen LogP contribution in [-0.2, 0) is 6.54 Å². The van der Waals surface area contributed by atoms with Crippen LogP contribution >= 0.6 is 57.1 Å². The Morgan fingerprint density at radius 2 is 1.46 bits per heavy atom. The first-order valence-corrected chi connectivity index (χ1v) is 15.4. The van der Waals surface area contributed by atoms with Crippen molar-refractivity contribution in [3.05, 3.63) is 22.9 Å². The Bertz CT molecular complexity index is 2490. The van der Waals surface area contributed by atoms with Crippen molar-refractivity contribution in [1.82, 2.24) is 28.3 Å². The van der Waals surface area contributed by atoms with Crippen molar-refractivity contribution in [1.29, 1.82) is 0 Å².